The van der Waals surface area contributed by atoms with E-state index in [0.717, 1.165) is 17.5 Å². The topological polar surface area (TPSA) is 75.7 Å². The fourth-order valence-electron chi connectivity index (χ4n) is 4.61. The number of fused-ring (bicyclic) bond motifs is 1. The number of carbonyl (C=O) groups is 3. The number of ether oxygens (including phenoxy) is 1. The molecule has 2 atom stereocenters. The highest BCUT2D eigenvalue weighted by molar-refractivity contribution is 5.95. The molecule has 2 amide bonds. The lowest BCUT2D eigenvalue weighted by atomic mass is 9.95. The van der Waals surface area contributed by atoms with Crippen LogP contribution in [0.1, 0.15) is 48.2 Å². The summed E-state index contributed by atoms with van der Waals surface area (Å²) in [5.41, 5.74) is 3.27. The molecule has 0 saturated carbocycles. The summed E-state index contributed by atoms with van der Waals surface area (Å²) in [6, 6.07) is 7.76. The second-order valence-corrected chi connectivity index (χ2v) is 8.61. The molecule has 0 bridgehead atoms. The summed E-state index contributed by atoms with van der Waals surface area (Å²) in [6.45, 7) is 5.76. The SMILES string of the molecule is CC(=O)c1ccc(F)c(-c2cc(C)cc3c2O[C@H](CNC(=O)[C@@H]2CCCN2C(C)=O)C3)c1. The minimum atomic E-state index is -0.433. The lowest BCUT2D eigenvalue weighted by Gasteiger charge is -2.23. The fraction of sp³-hybridized carbons (Fsp3) is 0.400. The third-order valence-corrected chi connectivity index (χ3v) is 6.17. The average molecular weight is 438 g/mol. The Kier molecular flexibility index (Phi) is 6.00. The zero-order valence-corrected chi connectivity index (χ0v) is 18.5. The molecule has 7 heteroatoms. The Hall–Kier alpha value is -3.22. The van der Waals surface area contributed by atoms with Gasteiger partial charge in [0.2, 0.25) is 11.8 Å². The highest BCUT2D eigenvalue weighted by Crippen LogP contribution is 2.41. The Morgan fingerprint density at radius 2 is 1.94 bits per heavy atom. The van der Waals surface area contributed by atoms with Gasteiger partial charge >= 0.3 is 0 Å². The molecule has 2 heterocycles. The van der Waals surface area contributed by atoms with Gasteiger partial charge in [0.05, 0.1) is 6.54 Å². The summed E-state index contributed by atoms with van der Waals surface area (Å²) in [4.78, 5) is 37.8. The molecule has 2 aromatic rings. The molecule has 2 aliphatic rings. The number of hydrogen-bond acceptors (Lipinski definition) is 4. The normalized spacial score (nSPS) is 19.4. The highest BCUT2D eigenvalue weighted by atomic mass is 19.1. The van der Waals surface area contributed by atoms with E-state index in [1.165, 1.54) is 26.0 Å². The van der Waals surface area contributed by atoms with Gasteiger partial charge in [0.1, 0.15) is 23.7 Å². The number of nitrogens with zero attached hydrogens (tertiary/aromatic N) is 1. The van der Waals surface area contributed by atoms with Crippen LogP contribution >= 0.6 is 0 Å². The third-order valence-electron chi connectivity index (χ3n) is 6.17. The van der Waals surface area contributed by atoms with Crippen LogP contribution in [0.25, 0.3) is 11.1 Å². The Bertz CT molecular complexity index is 1100. The van der Waals surface area contributed by atoms with E-state index in [-0.39, 0.29) is 23.7 Å². The standard InChI is InChI=1S/C25H27FN2O4/c1-14-9-18-11-19(13-27-25(31)23-5-4-8-28(23)16(3)30)32-24(18)21(10-14)20-12-17(15(2)29)6-7-22(20)26/h6-7,9-10,12,19,23H,4-5,8,11,13H2,1-3H3,(H,27,31)/t19-,23-/m0/s1. The molecular weight excluding hydrogens is 411 g/mol. The third kappa shape index (κ3) is 4.24. The van der Waals surface area contributed by atoms with Crippen molar-refractivity contribution in [1.29, 1.82) is 0 Å². The van der Waals surface area contributed by atoms with Crippen LogP contribution in [0.3, 0.4) is 0 Å². The first kappa shape index (κ1) is 22.0. The number of likely N-dealkylation sites (tertiary alicyclic amines) is 1. The molecule has 1 saturated heterocycles. The smallest absolute Gasteiger partial charge is 0.242 e. The largest absolute Gasteiger partial charge is 0.487 e. The van der Waals surface area contributed by atoms with E-state index in [1.807, 2.05) is 19.1 Å². The van der Waals surface area contributed by atoms with Gasteiger partial charge in [-0.1, -0.05) is 6.07 Å². The van der Waals surface area contributed by atoms with Crippen molar-refractivity contribution in [2.24, 2.45) is 0 Å². The Morgan fingerprint density at radius 1 is 1.16 bits per heavy atom. The van der Waals surface area contributed by atoms with E-state index in [4.69, 9.17) is 4.74 Å². The first-order valence-corrected chi connectivity index (χ1v) is 10.9. The molecule has 6 nitrogen and oxygen atoms in total. The van der Waals surface area contributed by atoms with Gasteiger partial charge in [-0.15, -0.1) is 0 Å². The zero-order chi connectivity index (χ0) is 23.0. The van der Waals surface area contributed by atoms with Crippen LogP contribution in [0, 0.1) is 12.7 Å². The van der Waals surface area contributed by atoms with E-state index in [2.05, 4.69) is 5.32 Å². The maximum Gasteiger partial charge on any atom is 0.242 e. The predicted molar refractivity (Wildman–Crippen MR) is 118 cm³/mol. The van der Waals surface area contributed by atoms with E-state index >= 15 is 0 Å². The van der Waals surface area contributed by atoms with Crippen molar-refractivity contribution in [2.75, 3.05) is 13.1 Å². The second-order valence-electron chi connectivity index (χ2n) is 8.61. The van der Waals surface area contributed by atoms with Crippen molar-refractivity contribution in [1.82, 2.24) is 10.2 Å². The zero-order valence-electron chi connectivity index (χ0n) is 18.5. The van der Waals surface area contributed by atoms with Crippen LogP contribution in [0.5, 0.6) is 5.75 Å². The summed E-state index contributed by atoms with van der Waals surface area (Å²) in [6.07, 6.45) is 1.77. The number of carbonyl (C=O) groups excluding carboxylic acids is 3. The summed E-state index contributed by atoms with van der Waals surface area (Å²) in [5, 5.41) is 2.92. The van der Waals surface area contributed by atoms with Gasteiger partial charge in [0.25, 0.3) is 0 Å². The van der Waals surface area contributed by atoms with Gasteiger partial charge in [-0.05, 0) is 62.1 Å². The van der Waals surface area contributed by atoms with Crippen molar-refractivity contribution in [3.05, 3.63) is 52.8 Å². The predicted octanol–water partition coefficient (Wildman–Crippen LogP) is 3.43. The van der Waals surface area contributed by atoms with Crippen LogP contribution in [0.15, 0.2) is 30.3 Å². The van der Waals surface area contributed by atoms with Crippen LogP contribution in [-0.2, 0) is 16.0 Å². The first-order valence-electron chi connectivity index (χ1n) is 10.9. The van der Waals surface area contributed by atoms with E-state index in [1.54, 1.807) is 11.0 Å². The maximum atomic E-state index is 14.7. The lowest BCUT2D eigenvalue weighted by molar-refractivity contribution is -0.137. The molecule has 2 aromatic carbocycles. The molecule has 1 N–H and O–H groups in total. The van der Waals surface area contributed by atoms with Gasteiger partial charge in [-0.3, -0.25) is 14.4 Å². The molecule has 0 aliphatic carbocycles. The van der Waals surface area contributed by atoms with Crippen LogP contribution in [-0.4, -0.2) is 47.7 Å². The average Bonchev–Trinajstić information content (AvgIpc) is 3.38. The number of halogens is 1. The quantitative estimate of drug-likeness (QED) is 0.726. The number of aryl methyl sites for hydroxylation is 1. The Balaban J connectivity index is 1.52. The maximum absolute atomic E-state index is 14.7. The Morgan fingerprint density at radius 3 is 2.66 bits per heavy atom. The van der Waals surface area contributed by atoms with Crippen molar-refractivity contribution in [3.8, 4) is 16.9 Å². The number of hydrogen-bond donors (Lipinski definition) is 1. The van der Waals surface area contributed by atoms with Crippen LogP contribution < -0.4 is 10.1 Å². The van der Waals surface area contributed by atoms with Gasteiger partial charge in [0, 0.05) is 36.6 Å². The van der Waals surface area contributed by atoms with Crippen LogP contribution in [0.2, 0.25) is 0 Å². The number of Topliss-reactive ketones (excluding diaryl/α,β-unsaturated/α-hetero) is 1. The van der Waals surface area contributed by atoms with Crippen LogP contribution in [0.4, 0.5) is 4.39 Å². The molecule has 0 unspecified atom stereocenters. The van der Waals surface area contributed by atoms with Crippen molar-refractivity contribution in [2.45, 2.75) is 52.2 Å². The van der Waals surface area contributed by atoms with Gasteiger partial charge in [0.15, 0.2) is 5.78 Å². The summed E-state index contributed by atoms with van der Waals surface area (Å²) < 4.78 is 20.8. The molecule has 0 aromatic heterocycles. The number of benzene rings is 2. The van der Waals surface area contributed by atoms with E-state index < -0.39 is 11.9 Å². The second kappa shape index (κ2) is 8.73. The van der Waals surface area contributed by atoms with Crippen molar-refractivity contribution in [3.63, 3.8) is 0 Å². The number of ketones is 1. The fourth-order valence-corrected chi connectivity index (χ4v) is 4.61. The first-order chi connectivity index (χ1) is 15.2. The molecule has 4 rings (SSSR count). The van der Waals surface area contributed by atoms with Crippen molar-refractivity contribution < 1.29 is 23.5 Å². The van der Waals surface area contributed by atoms with E-state index in [0.29, 0.717) is 48.4 Å². The molecule has 32 heavy (non-hydrogen) atoms. The minimum Gasteiger partial charge on any atom is -0.487 e. The lowest BCUT2D eigenvalue weighted by Crippen LogP contribution is -2.47. The van der Waals surface area contributed by atoms with Crippen molar-refractivity contribution >= 4 is 17.6 Å². The monoisotopic (exact) mass is 438 g/mol. The van der Waals surface area contributed by atoms with Gasteiger partial charge in [-0.25, -0.2) is 4.39 Å². The number of rotatable bonds is 5. The summed E-state index contributed by atoms with van der Waals surface area (Å²) in [5.74, 6) is -0.242. The Labute approximate surface area is 186 Å². The van der Waals surface area contributed by atoms with E-state index in [9.17, 15) is 18.8 Å². The van der Waals surface area contributed by atoms with Gasteiger partial charge in [-0.2, -0.15) is 0 Å². The highest BCUT2D eigenvalue weighted by Gasteiger charge is 2.33. The molecule has 2 aliphatic heterocycles. The molecule has 0 spiro atoms. The minimum absolute atomic E-state index is 0.0953. The molecule has 0 radical (unpaired) electrons. The summed E-state index contributed by atoms with van der Waals surface area (Å²) in [7, 11) is 0. The number of amides is 2. The number of nitrogens with one attached hydrogen (secondary N) is 1. The molecule has 168 valence electrons. The molecule has 1 fully saturated rings. The van der Waals surface area contributed by atoms with Gasteiger partial charge < -0.3 is 15.0 Å². The molecular formula is C25H27FN2O4. The summed E-state index contributed by atoms with van der Waals surface area (Å²) >= 11 is 0.